The molecule has 3 aromatic rings. The lowest BCUT2D eigenvalue weighted by Crippen LogP contribution is -2.27. The number of ketones is 1. The van der Waals surface area contributed by atoms with Crippen LogP contribution in [0.3, 0.4) is 0 Å². The smallest absolute Gasteiger partial charge is 0.259 e. The van der Waals surface area contributed by atoms with Gasteiger partial charge in [-0.3, -0.25) is 9.59 Å². The van der Waals surface area contributed by atoms with Crippen molar-refractivity contribution in [3.8, 4) is 11.5 Å². The molecule has 0 atom stereocenters. The Kier molecular flexibility index (Phi) is 8.70. The summed E-state index contributed by atoms with van der Waals surface area (Å²) < 4.78 is 11.6. The molecule has 3 rings (SSSR count). The average Bonchev–Trinajstić information content (AvgIpc) is 2.86. The van der Waals surface area contributed by atoms with Crippen molar-refractivity contribution in [1.29, 1.82) is 0 Å². The van der Waals surface area contributed by atoms with E-state index in [0.29, 0.717) is 32.7 Å². The Balaban J connectivity index is 1.89. The third-order valence-electron chi connectivity index (χ3n) is 4.75. The predicted molar refractivity (Wildman–Crippen MR) is 136 cm³/mol. The van der Waals surface area contributed by atoms with Crippen molar-refractivity contribution < 1.29 is 19.1 Å². The number of halogens is 1. The molecule has 0 aliphatic carbocycles. The number of benzene rings is 3. The van der Waals surface area contributed by atoms with Gasteiger partial charge in [-0.15, -0.1) is 5.10 Å². The monoisotopic (exact) mass is 521 g/mol. The van der Waals surface area contributed by atoms with Gasteiger partial charge in [0.2, 0.25) is 5.78 Å². The summed E-state index contributed by atoms with van der Waals surface area (Å²) in [4.78, 5) is 26.4. The Morgan fingerprint density at radius 3 is 2.18 bits per heavy atom. The van der Waals surface area contributed by atoms with Crippen molar-refractivity contribution in [1.82, 2.24) is 4.90 Å². The summed E-state index contributed by atoms with van der Waals surface area (Å²) in [5, 5.41) is 8.42. The number of Topliss-reactive ketones (excluding diaryl/α,β-unsaturated/α-hetero) is 1. The van der Waals surface area contributed by atoms with E-state index < -0.39 is 0 Å². The van der Waals surface area contributed by atoms with Crippen molar-refractivity contribution >= 4 is 39.5 Å². The number of likely N-dealkylation sites (N-methyl/N-ethyl adjacent to an activating group) is 1. The van der Waals surface area contributed by atoms with Crippen molar-refractivity contribution in [3.63, 3.8) is 0 Å². The van der Waals surface area contributed by atoms with Crippen LogP contribution >= 0.6 is 15.9 Å². The maximum Gasteiger partial charge on any atom is 0.259 e. The van der Waals surface area contributed by atoms with E-state index in [-0.39, 0.29) is 24.0 Å². The zero-order valence-corrected chi connectivity index (χ0v) is 20.7. The van der Waals surface area contributed by atoms with Gasteiger partial charge in [-0.1, -0.05) is 60.7 Å². The van der Waals surface area contributed by atoms with Gasteiger partial charge in [0.15, 0.2) is 18.1 Å². The molecule has 3 aromatic carbocycles. The highest BCUT2D eigenvalue weighted by Gasteiger charge is 2.17. The summed E-state index contributed by atoms with van der Waals surface area (Å²) in [6.07, 6.45) is 1.52. The minimum Gasteiger partial charge on any atom is -0.493 e. The number of rotatable bonds is 9. The molecule has 0 saturated carbocycles. The molecule has 0 aliphatic heterocycles. The fraction of sp³-hybridized carbons (Fsp3) is 0.154. The van der Waals surface area contributed by atoms with Crippen LogP contribution in [0.5, 0.6) is 11.5 Å². The molecule has 0 bridgehead atoms. The van der Waals surface area contributed by atoms with Gasteiger partial charge in [0, 0.05) is 25.2 Å². The Hall–Kier alpha value is -3.78. The van der Waals surface area contributed by atoms with Crippen LogP contribution in [0.1, 0.15) is 21.5 Å². The molecule has 0 fully saturated rings. The van der Waals surface area contributed by atoms with Crippen molar-refractivity contribution in [2.75, 3.05) is 27.8 Å². The second-order valence-electron chi connectivity index (χ2n) is 7.37. The average molecular weight is 522 g/mol. The van der Waals surface area contributed by atoms with Crippen LogP contribution < -0.4 is 9.47 Å². The van der Waals surface area contributed by atoms with Gasteiger partial charge in [-0.25, -0.2) is 0 Å². The van der Waals surface area contributed by atoms with Gasteiger partial charge >= 0.3 is 0 Å². The van der Waals surface area contributed by atoms with Crippen LogP contribution in [-0.4, -0.2) is 56.3 Å². The van der Waals surface area contributed by atoms with Gasteiger partial charge < -0.3 is 14.4 Å². The zero-order chi connectivity index (χ0) is 24.5. The van der Waals surface area contributed by atoms with Gasteiger partial charge in [0.25, 0.3) is 5.91 Å². The van der Waals surface area contributed by atoms with Crippen LogP contribution in [0, 0.1) is 0 Å². The van der Waals surface area contributed by atoms with Gasteiger partial charge in [-0.05, 0) is 33.6 Å². The Bertz CT molecular complexity index is 1210. The molecule has 0 spiro atoms. The summed E-state index contributed by atoms with van der Waals surface area (Å²) >= 11 is 3.46. The largest absolute Gasteiger partial charge is 0.493 e. The van der Waals surface area contributed by atoms with Crippen molar-refractivity contribution in [2.24, 2.45) is 10.2 Å². The summed E-state index contributed by atoms with van der Waals surface area (Å²) in [6, 6.07) is 21.6. The van der Waals surface area contributed by atoms with Crippen LogP contribution in [0.4, 0.5) is 0 Å². The maximum absolute atomic E-state index is 13.1. The number of methoxy groups -OCH3 is 1. The fourth-order valence-electron chi connectivity index (χ4n) is 2.93. The van der Waals surface area contributed by atoms with Crippen molar-refractivity contribution in [3.05, 3.63) is 94.0 Å². The number of ether oxygens (including phenoxy) is 2. The summed E-state index contributed by atoms with van der Waals surface area (Å²) in [5.41, 5.74) is 2.09. The molecule has 174 valence electrons. The van der Waals surface area contributed by atoms with Crippen LogP contribution in [0.25, 0.3) is 0 Å². The lowest BCUT2D eigenvalue weighted by Gasteiger charge is -2.15. The van der Waals surface area contributed by atoms with Gasteiger partial charge in [-0.2, -0.15) is 5.10 Å². The fourth-order valence-corrected chi connectivity index (χ4v) is 3.50. The second kappa shape index (κ2) is 11.9. The predicted octanol–water partition coefficient (Wildman–Crippen LogP) is 4.63. The molecule has 8 heteroatoms. The van der Waals surface area contributed by atoms with E-state index in [1.165, 1.54) is 18.2 Å². The number of hydrogen-bond acceptors (Lipinski definition) is 6. The first-order valence-electron chi connectivity index (χ1n) is 10.4. The highest BCUT2D eigenvalue weighted by molar-refractivity contribution is 9.10. The third-order valence-corrected chi connectivity index (χ3v) is 5.34. The van der Waals surface area contributed by atoms with Crippen LogP contribution in [0.2, 0.25) is 0 Å². The minimum absolute atomic E-state index is 0.123. The molecule has 0 saturated heterocycles. The molecule has 0 aromatic heterocycles. The van der Waals surface area contributed by atoms with E-state index in [2.05, 4.69) is 26.1 Å². The van der Waals surface area contributed by atoms with E-state index in [9.17, 15) is 9.59 Å². The number of amides is 1. The van der Waals surface area contributed by atoms with E-state index in [0.717, 1.165) is 0 Å². The standard InChI is InChI=1S/C26H24BrN3O4/c1-30(2)23(31)17-34-26-21(27)14-18(15-22(26)33-3)16-28-29-24(19-10-6-4-7-11-19)25(32)20-12-8-5-9-13-20/h4-16H,17H2,1-3H3/b28-16+,29-24+. The topological polar surface area (TPSA) is 80.6 Å². The number of hydrogen-bond donors (Lipinski definition) is 0. The molecular weight excluding hydrogens is 498 g/mol. The second-order valence-corrected chi connectivity index (χ2v) is 8.22. The van der Waals surface area contributed by atoms with E-state index in [4.69, 9.17) is 9.47 Å². The Labute approximate surface area is 206 Å². The maximum atomic E-state index is 13.1. The lowest BCUT2D eigenvalue weighted by molar-refractivity contribution is -0.130. The zero-order valence-electron chi connectivity index (χ0n) is 19.1. The lowest BCUT2D eigenvalue weighted by atomic mass is 10.0. The first-order valence-corrected chi connectivity index (χ1v) is 11.2. The molecule has 1 amide bonds. The quantitative estimate of drug-likeness (QED) is 0.233. The van der Waals surface area contributed by atoms with Crippen LogP contribution in [0.15, 0.2) is 87.5 Å². The van der Waals surface area contributed by atoms with E-state index >= 15 is 0 Å². The first-order chi connectivity index (χ1) is 16.4. The molecule has 0 radical (unpaired) electrons. The molecular formula is C26H24BrN3O4. The highest BCUT2D eigenvalue weighted by atomic mass is 79.9. The summed E-state index contributed by atoms with van der Waals surface area (Å²) in [6.45, 7) is -0.123. The van der Waals surface area contributed by atoms with E-state index in [1.807, 2.05) is 36.4 Å². The van der Waals surface area contributed by atoms with E-state index in [1.54, 1.807) is 50.5 Å². The Morgan fingerprint density at radius 2 is 1.59 bits per heavy atom. The molecule has 7 nitrogen and oxygen atoms in total. The molecule has 0 heterocycles. The van der Waals surface area contributed by atoms with Gasteiger partial charge in [0.05, 0.1) is 17.8 Å². The molecule has 34 heavy (non-hydrogen) atoms. The van der Waals surface area contributed by atoms with Crippen molar-refractivity contribution in [2.45, 2.75) is 0 Å². The highest BCUT2D eigenvalue weighted by Crippen LogP contribution is 2.36. The third kappa shape index (κ3) is 6.39. The SMILES string of the molecule is COc1cc(/C=N/N=C(/C(=O)c2ccccc2)c2ccccc2)cc(Br)c1OCC(=O)N(C)C. The summed E-state index contributed by atoms with van der Waals surface area (Å²) in [5.74, 6) is 0.431. The normalized spacial score (nSPS) is 11.4. The minimum atomic E-state index is -0.225. The summed E-state index contributed by atoms with van der Waals surface area (Å²) in [7, 11) is 4.82. The van der Waals surface area contributed by atoms with Crippen LogP contribution in [-0.2, 0) is 4.79 Å². The number of carbonyl (C=O) groups is 2. The number of nitrogens with zero attached hydrogens (tertiary/aromatic N) is 3. The first kappa shape index (κ1) is 24.9. The number of carbonyl (C=O) groups excluding carboxylic acids is 2. The Morgan fingerprint density at radius 1 is 0.971 bits per heavy atom. The van der Waals surface area contributed by atoms with Gasteiger partial charge in [0.1, 0.15) is 5.71 Å². The molecule has 0 unspecified atom stereocenters. The molecule has 0 N–H and O–H groups in total. The molecule has 0 aliphatic rings.